The molecule has 1 heterocycles. The van der Waals surface area contributed by atoms with Crippen LogP contribution in [0.5, 0.6) is 5.75 Å². The molecule has 2 aromatic rings. The summed E-state index contributed by atoms with van der Waals surface area (Å²) in [5.74, 6) is 0.825. The second-order valence-electron chi connectivity index (χ2n) is 4.26. The van der Waals surface area contributed by atoms with Gasteiger partial charge in [0.05, 0.1) is 7.11 Å². The number of nitrogens with one attached hydrogen (secondary N) is 2. The Labute approximate surface area is 121 Å². The highest BCUT2D eigenvalue weighted by atomic mass is 32.1. The van der Waals surface area contributed by atoms with Crippen LogP contribution in [0.25, 0.3) is 0 Å². The van der Waals surface area contributed by atoms with E-state index in [9.17, 15) is 4.79 Å². The van der Waals surface area contributed by atoms with Crippen molar-refractivity contribution in [2.45, 2.75) is 19.4 Å². The largest absolute Gasteiger partial charge is 0.496 e. The van der Waals surface area contributed by atoms with E-state index in [4.69, 9.17) is 4.74 Å². The smallest absolute Gasteiger partial charge is 0.321 e. The second-order valence-corrected chi connectivity index (χ2v) is 5.09. The maximum absolute atomic E-state index is 11.8. The Bertz CT molecular complexity index is 559. The Morgan fingerprint density at radius 3 is 2.95 bits per heavy atom. The highest BCUT2D eigenvalue weighted by Crippen LogP contribution is 2.18. The predicted molar refractivity (Wildman–Crippen MR) is 78.2 cm³/mol. The molecule has 2 N–H and O–H groups in total. The van der Waals surface area contributed by atoms with E-state index in [1.807, 2.05) is 31.2 Å². The zero-order valence-electron chi connectivity index (χ0n) is 11.3. The first-order valence-corrected chi connectivity index (χ1v) is 7.02. The molecular formula is C13H16N4O2S. The molecule has 0 saturated carbocycles. The number of rotatable bonds is 5. The summed E-state index contributed by atoms with van der Waals surface area (Å²) in [4.78, 5) is 11.8. The molecule has 106 valence electrons. The summed E-state index contributed by atoms with van der Waals surface area (Å²) in [6, 6.07) is 7.45. The zero-order chi connectivity index (χ0) is 14.4. The number of ether oxygens (including phenoxy) is 1. The van der Waals surface area contributed by atoms with E-state index in [1.165, 1.54) is 11.3 Å². The van der Waals surface area contributed by atoms with Crippen molar-refractivity contribution in [2.75, 3.05) is 12.4 Å². The highest BCUT2D eigenvalue weighted by molar-refractivity contribution is 7.13. The summed E-state index contributed by atoms with van der Waals surface area (Å²) in [7, 11) is 1.64. The van der Waals surface area contributed by atoms with E-state index in [1.54, 1.807) is 12.6 Å². The molecule has 0 aliphatic rings. The van der Waals surface area contributed by atoms with Crippen LogP contribution < -0.4 is 15.4 Å². The molecule has 0 spiro atoms. The molecule has 1 aromatic heterocycles. The molecule has 6 nitrogen and oxygen atoms in total. The second kappa shape index (κ2) is 6.85. The molecule has 1 aromatic carbocycles. The fourth-order valence-corrected chi connectivity index (χ4v) is 2.28. The molecule has 0 radical (unpaired) electrons. The summed E-state index contributed by atoms with van der Waals surface area (Å²) in [6.45, 7) is 1.94. The van der Waals surface area contributed by atoms with Gasteiger partial charge in [-0.3, -0.25) is 5.32 Å². The minimum atomic E-state index is -0.288. The van der Waals surface area contributed by atoms with Crippen molar-refractivity contribution >= 4 is 22.5 Å². The number of hydrogen-bond donors (Lipinski definition) is 2. The quantitative estimate of drug-likeness (QED) is 0.886. The van der Waals surface area contributed by atoms with Crippen LogP contribution in [0.2, 0.25) is 0 Å². The molecule has 7 heteroatoms. The molecule has 0 saturated heterocycles. The first-order valence-electron chi connectivity index (χ1n) is 6.14. The Balaban J connectivity index is 1.88. The Kier molecular flexibility index (Phi) is 4.89. The van der Waals surface area contributed by atoms with E-state index in [0.717, 1.165) is 11.3 Å². The van der Waals surface area contributed by atoms with Gasteiger partial charge in [-0.25, -0.2) is 4.79 Å². The number of methoxy groups -OCH3 is 1. The topological polar surface area (TPSA) is 76.1 Å². The van der Waals surface area contributed by atoms with Crippen LogP contribution in [0.1, 0.15) is 12.5 Å². The van der Waals surface area contributed by atoms with E-state index in [0.29, 0.717) is 11.6 Å². The van der Waals surface area contributed by atoms with Gasteiger partial charge in [0.15, 0.2) is 0 Å². The van der Waals surface area contributed by atoms with Gasteiger partial charge in [-0.05, 0) is 25.0 Å². The molecule has 0 aliphatic heterocycles. The van der Waals surface area contributed by atoms with Gasteiger partial charge < -0.3 is 10.1 Å². The lowest BCUT2D eigenvalue weighted by molar-refractivity contribution is 0.249. The summed E-state index contributed by atoms with van der Waals surface area (Å²) in [5, 5.41) is 13.4. The minimum absolute atomic E-state index is 0.0285. The first kappa shape index (κ1) is 14.3. The fraction of sp³-hybridized carbons (Fsp3) is 0.308. The number of benzene rings is 1. The van der Waals surface area contributed by atoms with Crippen LogP contribution in [-0.4, -0.2) is 29.4 Å². The van der Waals surface area contributed by atoms with Crippen molar-refractivity contribution in [2.24, 2.45) is 0 Å². The van der Waals surface area contributed by atoms with Crippen LogP contribution in [0.15, 0.2) is 29.8 Å². The van der Waals surface area contributed by atoms with Gasteiger partial charge in [-0.2, -0.15) is 0 Å². The number of hydrogen-bond acceptors (Lipinski definition) is 5. The lowest BCUT2D eigenvalue weighted by atomic mass is 10.1. The monoisotopic (exact) mass is 292 g/mol. The van der Waals surface area contributed by atoms with Crippen molar-refractivity contribution in [3.05, 3.63) is 35.3 Å². The van der Waals surface area contributed by atoms with Gasteiger partial charge in [-0.15, -0.1) is 10.2 Å². The van der Waals surface area contributed by atoms with Crippen molar-refractivity contribution in [1.82, 2.24) is 15.5 Å². The standard InChI is InChI=1S/C13H16N4O2S/c1-9(7-10-5-3-4-6-11(10)19-2)15-12(18)16-13-17-14-8-20-13/h3-6,8-9H,7H2,1-2H3,(H2,15,16,17,18). The first-order chi connectivity index (χ1) is 9.69. The zero-order valence-corrected chi connectivity index (χ0v) is 12.1. The summed E-state index contributed by atoms with van der Waals surface area (Å²) >= 11 is 1.27. The van der Waals surface area contributed by atoms with Crippen LogP contribution in [0, 0.1) is 0 Å². The number of amides is 2. The molecule has 2 rings (SSSR count). The molecule has 0 fully saturated rings. The lowest BCUT2D eigenvalue weighted by Gasteiger charge is -2.15. The van der Waals surface area contributed by atoms with Gasteiger partial charge in [0.2, 0.25) is 5.13 Å². The molecule has 1 atom stereocenters. The lowest BCUT2D eigenvalue weighted by Crippen LogP contribution is -2.37. The van der Waals surface area contributed by atoms with E-state index >= 15 is 0 Å². The Hall–Kier alpha value is -2.15. The van der Waals surface area contributed by atoms with E-state index < -0.39 is 0 Å². The number of para-hydroxylation sites is 1. The van der Waals surface area contributed by atoms with Crippen molar-refractivity contribution in [3.63, 3.8) is 0 Å². The number of nitrogens with zero attached hydrogens (tertiary/aromatic N) is 2. The van der Waals surface area contributed by atoms with Crippen molar-refractivity contribution in [1.29, 1.82) is 0 Å². The summed E-state index contributed by atoms with van der Waals surface area (Å²) < 4.78 is 5.29. The maximum atomic E-state index is 11.8. The third kappa shape index (κ3) is 3.92. The number of carbonyl (C=O) groups excluding carboxylic acids is 1. The number of urea groups is 1. The van der Waals surface area contributed by atoms with Crippen LogP contribution >= 0.6 is 11.3 Å². The van der Waals surface area contributed by atoms with Crippen LogP contribution in [-0.2, 0) is 6.42 Å². The van der Waals surface area contributed by atoms with Gasteiger partial charge in [0.25, 0.3) is 0 Å². The molecule has 20 heavy (non-hydrogen) atoms. The summed E-state index contributed by atoms with van der Waals surface area (Å²) in [5.41, 5.74) is 2.62. The highest BCUT2D eigenvalue weighted by Gasteiger charge is 2.11. The third-order valence-corrected chi connectivity index (χ3v) is 3.28. The van der Waals surface area contributed by atoms with Crippen molar-refractivity contribution < 1.29 is 9.53 Å². The maximum Gasteiger partial charge on any atom is 0.321 e. The number of carbonyl (C=O) groups is 1. The van der Waals surface area contributed by atoms with Gasteiger partial charge in [-0.1, -0.05) is 29.5 Å². The molecule has 1 unspecified atom stereocenters. The molecule has 0 bridgehead atoms. The average Bonchev–Trinajstić information content (AvgIpc) is 2.91. The average molecular weight is 292 g/mol. The molecular weight excluding hydrogens is 276 g/mol. The normalized spacial score (nSPS) is 11.7. The van der Waals surface area contributed by atoms with Gasteiger partial charge in [0, 0.05) is 6.04 Å². The van der Waals surface area contributed by atoms with Crippen molar-refractivity contribution in [3.8, 4) is 5.75 Å². The van der Waals surface area contributed by atoms with Crippen LogP contribution in [0.3, 0.4) is 0 Å². The summed E-state index contributed by atoms with van der Waals surface area (Å²) in [6.07, 6.45) is 0.688. The number of aromatic nitrogens is 2. The molecule has 2 amide bonds. The van der Waals surface area contributed by atoms with Gasteiger partial charge in [0.1, 0.15) is 11.3 Å². The Morgan fingerprint density at radius 2 is 2.25 bits per heavy atom. The SMILES string of the molecule is COc1ccccc1CC(C)NC(=O)Nc1nncs1. The van der Waals surface area contributed by atoms with Crippen LogP contribution in [0.4, 0.5) is 9.93 Å². The fourth-order valence-electron chi connectivity index (χ4n) is 1.84. The van der Waals surface area contributed by atoms with E-state index in [2.05, 4.69) is 20.8 Å². The number of anilines is 1. The Morgan fingerprint density at radius 1 is 1.45 bits per heavy atom. The van der Waals surface area contributed by atoms with E-state index in [-0.39, 0.29) is 12.1 Å². The van der Waals surface area contributed by atoms with Gasteiger partial charge >= 0.3 is 6.03 Å². The third-order valence-electron chi connectivity index (χ3n) is 2.68. The molecule has 0 aliphatic carbocycles. The predicted octanol–water partition coefficient (Wildman–Crippen LogP) is 2.30. The minimum Gasteiger partial charge on any atom is -0.496 e.